The lowest BCUT2D eigenvalue weighted by molar-refractivity contribution is 0.0848. The molecule has 1 aromatic carbocycles. The Bertz CT molecular complexity index is 2230. The maximum absolute atomic E-state index is 15.0. The third-order valence-electron chi connectivity index (χ3n) is 11.0. The van der Waals surface area contributed by atoms with Crippen LogP contribution >= 0.6 is 0 Å². The van der Waals surface area contributed by atoms with Gasteiger partial charge in [0.1, 0.15) is 24.4 Å². The van der Waals surface area contributed by atoms with Crippen LogP contribution in [0.1, 0.15) is 79.8 Å². The highest BCUT2D eigenvalue weighted by Gasteiger charge is 2.31. The molecule has 1 aliphatic heterocycles. The molecule has 270 valence electrons. The van der Waals surface area contributed by atoms with E-state index in [4.69, 9.17) is 9.72 Å². The number of benzene rings is 1. The van der Waals surface area contributed by atoms with Crippen LogP contribution in [0.5, 0.6) is 0 Å². The standard InChI is InChI=1S/C41H50N8O2Si/c1-27-7-6-14-47(22-27)23-32-20-34-36(29-9-10-29)24-48(41(50)39(34)49(32)26-51-15-16-52(3,4)5)38-19-31(18-37(44-38)30-11-12-30)33-13-8-28(21-42)17-35(33)40-45-43-25-46(40)2/h8,13,17-20,24-25,27,29-30H,6-7,9-12,14-16,22-23,26H2,1-5H3/t27-/m0/s1. The second-order valence-electron chi connectivity index (χ2n) is 16.7. The van der Waals surface area contributed by atoms with Gasteiger partial charge >= 0.3 is 0 Å². The Kier molecular flexibility index (Phi) is 9.26. The van der Waals surface area contributed by atoms with E-state index in [2.05, 4.69) is 70.6 Å². The number of hydrogen-bond acceptors (Lipinski definition) is 7. The van der Waals surface area contributed by atoms with Gasteiger partial charge < -0.3 is 13.9 Å². The summed E-state index contributed by atoms with van der Waals surface area (Å²) in [6.07, 6.45) is 10.6. The van der Waals surface area contributed by atoms with Crippen LogP contribution in [0.4, 0.5) is 0 Å². The molecule has 0 N–H and O–H groups in total. The van der Waals surface area contributed by atoms with Gasteiger partial charge in [0.05, 0.1) is 11.6 Å². The number of nitriles is 1. The van der Waals surface area contributed by atoms with E-state index in [1.807, 2.05) is 40.4 Å². The lowest BCUT2D eigenvalue weighted by Crippen LogP contribution is -2.34. The van der Waals surface area contributed by atoms with Crippen molar-refractivity contribution in [2.45, 2.75) is 96.2 Å². The Morgan fingerprint density at radius 3 is 2.52 bits per heavy atom. The van der Waals surface area contributed by atoms with Crippen LogP contribution in [-0.2, 0) is 25.1 Å². The molecule has 0 spiro atoms. The molecule has 11 heteroatoms. The predicted molar refractivity (Wildman–Crippen MR) is 207 cm³/mol. The number of likely N-dealkylation sites (tertiary alicyclic amines) is 1. The summed E-state index contributed by atoms with van der Waals surface area (Å²) in [4.78, 5) is 22.8. The van der Waals surface area contributed by atoms with E-state index in [0.29, 0.717) is 48.3 Å². The fraction of sp³-hybridized carbons (Fsp3) is 0.488. The topological polar surface area (TPSA) is 107 Å². The minimum atomic E-state index is -1.28. The zero-order valence-electron chi connectivity index (χ0n) is 31.2. The zero-order valence-corrected chi connectivity index (χ0v) is 32.2. The van der Waals surface area contributed by atoms with E-state index >= 15 is 4.79 Å². The number of hydrogen-bond donors (Lipinski definition) is 0. The first-order chi connectivity index (χ1) is 25.1. The quantitative estimate of drug-likeness (QED) is 0.0958. The molecule has 2 aliphatic carbocycles. The number of fused-ring (bicyclic) bond motifs is 1. The third-order valence-corrected chi connectivity index (χ3v) is 12.7. The summed E-state index contributed by atoms with van der Waals surface area (Å²) < 4.78 is 12.3. The van der Waals surface area contributed by atoms with E-state index in [-0.39, 0.29) is 5.56 Å². The summed E-state index contributed by atoms with van der Waals surface area (Å²) in [7, 11) is 0.623. The molecular formula is C41H50N8O2Si. The predicted octanol–water partition coefficient (Wildman–Crippen LogP) is 7.82. The van der Waals surface area contributed by atoms with Crippen LogP contribution in [0.25, 0.3) is 39.2 Å². The maximum Gasteiger partial charge on any atom is 0.280 e. The number of nitrogens with zero attached hydrogens (tertiary/aromatic N) is 8. The van der Waals surface area contributed by atoms with Gasteiger partial charge in [0.15, 0.2) is 5.82 Å². The Hall–Kier alpha value is -4.37. The molecule has 0 unspecified atom stereocenters. The number of pyridine rings is 2. The fourth-order valence-electron chi connectivity index (χ4n) is 7.78. The van der Waals surface area contributed by atoms with Crippen LogP contribution in [0.2, 0.25) is 25.7 Å². The minimum absolute atomic E-state index is 0.0637. The van der Waals surface area contributed by atoms with E-state index in [9.17, 15) is 5.26 Å². The zero-order chi connectivity index (χ0) is 36.1. The minimum Gasteiger partial charge on any atom is -0.361 e. The van der Waals surface area contributed by atoms with E-state index < -0.39 is 8.07 Å². The fourth-order valence-corrected chi connectivity index (χ4v) is 8.53. The highest BCUT2D eigenvalue weighted by Crippen LogP contribution is 2.45. The lowest BCUT2D eigenvalue weighted by Gasteiger charge is -2.31. The van der Waals surface area contributed by atoms with Gasteiger partial charge in [0.2, 0.25) is 0 Å². The summed E-state index contributed by atoms with van der Waals surface area (Å²) in [6.45, 7) is 13.5. The summed E-state index contributed by atoms with van der Waals surface area (Å²) >= 11 is 0. The highest BCUT2D eigenvalue weighted by atomic mass is 28.3. The molecule has 1 saturated heterocycles. The van der Waals surface area contributed by atoms with Crippen molar-refractivity contribution in [3.8, 4) is 34.4 Å². The first-order valence-electron chi connectivity index (χ1n) is 19.1. The molecule has 0 bridgehead atoms. The summed E-state index contributed by atoms with van der Waals surface area (Å²) in [5.41, 5.74) is 7.26. The van der Waals surface area contributed by atoms with Crippen molar-refractivity contribution < 1.29 is 4.74 Å². The normalized spacial score (nSPS) is 18.3. The summed E-state index contributed by atoms with van der Waals surface area (Å²) in [5.74, 6) is 2.76. The molecule has 8 rings (SSSR count). The molecule has 3 aliphatic rings. The van der Waals surface area contributed by atoms with E-state index in [1.54, 1.807) is 6.33 Å². The Morgan fingerprint density at radius 1 is 1.02 bits per heavy atom. The van der Waals surface area contributed by atoms with Crippen LogP contribution in [0.15, 0.2) is 53.7 Å². The Labute approximate surface area is 307 Å². The second-order valence-corrected chi connectivity index (χ2v) is 22.4. The SMILES string of the molecule is C[C@H]1CCCN(Cc2cc3c(C4CC4)cn(-c4cc(-c5ccc(C#N)cc5-c5nncn5C)cc(C5CC5)n4)c(=O)c3n2COCC[Si](C)(C)C)C1. The molecule has 10 nitrogen and oxygen atoms in total. The van der Waals surface area contributed by atoms with Crippen LogP contribution in [-0.4, -0.2) is 61.6 Å². The van der Waals surface area contributed by atoms with Crippen molar-refractivity contribution >= 4 is 19.0 Å². The van der Waals surface area contributed by atoms with Crippen molar-refractivity contribution in [2.24, 2.45) is 13.0 Å². The van der Waals surface area contributed by atoms with E-state index in [1.165, 1.54) is 18.4 Å². The maximum atomic E-state index is 15.0. The largest absolute Gasteiger partial charge is 0.361 e. The lowest BCUT2D eigenvalue weighted by atomic mass is 9.96. The van der Waals surface area contributed by atoms with Gasteiger partial charge in [-0.1, -0.05) is 32.6 Å². The van der Waals surface area contributed by atoms with Crippen LogP contribution < -0.4 is 5.56 Å². The molecule has 52 heavy (non-hydrogen) atoms. The molecular weight excluding hydrogens is 665 g/mol. The number of rotatable bonds is 12. The molecule has 0 amide bonds. The van der Waals surface area contributed by atoms with Gasteiger partial charge in [-0.3, -0.25) is 14.3 Å². The number of aromatic nitrogens is 6. The molecule has 2 saturated carbocycles. The van der Waals surface area contributed by atoms with Crippen LogP contribution in [0.3, 0.4) is 0 Å². The molecule has 4 aromatic heterocycles. The Morgan fingerprint density at radius 2 is 1.83 bits per heavy atom. The van der Waals surface area contributed by atoms with E-state index in [0.717, 1.165) is 90.3 Å². The smallest absolute Gasteiger partial charge is 0.280 e. The van der Waals surface area contributed by atoms with Crippen molar-refractivity contribution in [3.05, 3.63) is 81.8 Å². The van der Waals surface area contributed by atoms with Gasteiger partial charge in [-0.2, -0.15) is 5.26 Å². The van der Waals surface area contributed by atoms with Crippen molar-refractivity contribution in [2.75, 3.05) is 19.7 Å². The van der Waals surface area contributed by atoms with Crippen LogP contribution in [0, 0.1) is 17.2 Å². The van der Waals surface area contributed by atoms with Gasteiger partial charge in [0, 0.05) is 69.3 Å². The molecule has 5 aromatic rings. The number of piperidine rings is 1. The first kappa shape index (κ1) is 34.7. The Balaban J connectivity index is 1.28. The highest BCUT2D eigenvalue weighted by molar-refractivity contribution is 6.76. The average molecular weight is 715 g/mol. The summed E-state index contributed by atoms with van der Waals surface area (Å²) in [5, 5.41) is 19.4. The molecule has 5 heterocycles. The monoisotopic (exact) mass is 714 g/mol. The average Bonchev–Trinajstić information content (AvgIpc) is 4.06. The van der Waals surface area contributed by atoms with Gasteiger partial charge in [0.25, 0.3) is 5.56 Å². The van der Waals surface area contributed by atoms with Gasteiger partial charge in [-0.25, -0.2) is 4.98 Å². The molecule has 3 fully saturated rings. The summed E-state index contributed by atoms with van der Waals surface area (Å²) in [6, 6.07) is 15.5. The van der Waals surface area contributed by atoms with Gasteiger partial charge in [-0.15, -0.1) is 10.2 Å². The third kappa shape index (κ3) is 7.16. The molecule has 0 radical (unpaired) electrons. The number of ether oxygens (including phenoxy) is 1. The number of aryl methyl sites for hydroxylation is 1. The first-order valence-corrected chi connectivity index (χ1v) is 22.8. The van der Waals surface area contributed by atoms with Crippen molar-refractivity contribution in [3.63, 3.8) is 0 Å². The molecule has 1 atom stereocenters. The van der Waals surface area contributed by atoms with Crippen molar-refractivity contribution in [1.29, 1.82) is 5.26 Å². The van der Waals surface area contributed by atoms with Gasteiger partial charge in [-0.05, 0) is 110 Å². The van der Waals surface area contributed by atoms with Crippen molar-refractivity contribution in [1.82, 2.24) is 33.8 Å². The second kappa shape index (κ2) is 13.9.